The van der Waals surface area contributed by atoms with Crippen LogP contribution >= 0.6 is 0 Å². The molecule has 0 amide bonds. The number of hydrogen-bond acceptors (Lipinski definition) is 5. The van der Waals surface area contributed by atoms with Crippen molar-refractivity contribution in [2.24, 2.45) is 5.92 Å². The largest absolute Gasteiger partial charge is 0.478 e. The van der Waals surface area contributed by atoms with Crippen LogP contribution in [0.2, 0.25) is 0 Å². The first-order valence-corrected chi connectivity index (χ1v) is 10.1. The number of piperazine rings is 1. The van der Waals surface area contributed by atoms with Crippen LogP contribution in [0.1, 0.15) is 33.1 Å². The van der Waals surface area contributed by atoms with Gasteiger partial charge in [0.15, 0.2) is 5.60 Å². The SMILES string of the molecule is CC(C)(Oc1ccc(N2CCN(CCC3CCNCC3)CC2)cc1)C(=O)O. The Bertz CT molecular complexity index is 604. The highest BCUT2D eigenvalue weighted by Gasteiger charge is 2.29. The number of nitrogens with one attached hydrogen (secondary N) is 1. The van der Waals surface area contributed by atoms with Crippen molar-refractivity contribution in [3.8, 4) is 5.75 Å². The van der Waals surface area contributed by atoms with Crippen LogP contribution in [0.5, 0.6) is 5.75 Å². The van der Waals surface area contributed by atoms with E-state index < -0.39 is 11.6 Å². The van der Waals surface area contributed by atoms with Crippen molar-refractivity contribution in [1.29, 1.82) is 0 Å². The van der Waals surface area contributed by atoms with Gasteiger partial charge in [0, 0.05) is 31.9 Å². The minimum atomic E-state index is -1.22. The van der Waals surface area contributed by atoms with Gasteiger partial charge < -0.3 is 20.1 Å². The average molecular weight is 376 g/mol. The second-order valence-corrected chi connectivity index (χ2v) is 8.22. The molecule has 6 heteroatoms. The molecule has 0 spiro atoms. The number of benzene rings is 1. The zero-order chi connectivity index (χ0) is 19.3. The smallest absolute Gasteiger partial charge is 0.347 e. The van der Waals surface area contributed by atoms with Crippen molar-refractivity contribution in [2.45, 2.75) is 38.7 Å². The fraction of sp³-hybridized carbons (Fsp3) is 0.667. The molecule has 0 aliphatic carbocycles. The van der Waals surface area contributed by atoms with Gasteiger partial charge >= 0.3 is 5.97 Å². The first-order valence-electron chi connectivity index (χ1n) is 10.1. The second-order valence-electron chi connectivity index (χ2n) is 8.22. The predicted octanol–water partition coefficient (Wildman–Crippen LogP) is 2.44. The minimum absolute atomic E-state index is 0.590. The van der Waals surface area contributed by atoms with Crippen LogP contribution in [-0.4, -0.2) is 67.4 Å². The van der Waals surface area contributed by atoms with Crippen molar-refractivity contribution < 1.29 is 14.6 Å². The number of nitrogens with zero attached hydrogens (tertiary/aromatic N) is 2. The van der Waals surface area contributed by atoms with E-state index in [-0.39, 0.29) is 0 Å². The van der Waals surface area contributed by atoms with Crippen LogP contribution in [0.4, 0.5) is 5.69 Å². The van der Waals surface area contributed by atoms with Crippen molar-refractivity contribution in [2.75, 3.05) is 50.7 Å². The lowest BCUT2D eigenvalue weighted by molar-refractivity contribution is -0.152. The lowest BCUT2D eigenvalue weighted by Gasteiger charge is -2.37. The Balaban J connectivity index is 1.44. The molecule has 3 rings (SSSR count). The first-order chi connectivity index (χ1) is 12.9. The molecule has 0 atom stereocenters. The van der Waals surface area contributed by atoms with E-state index >= 15 is 0 Å². The summed E-state index contributed by atoms with van der Waals surface area (Å²) in [4.78, 5) is 16.2. The van der Waals surface area contributed by atoms with Crippen LogP contribution < -0.4 is 15.0 Å². The average Bonchev–Trinajstić information content (AvgIpc) is 2.68. The van der Waals surface area contributed by atoms with Gasteiger partial charge in [0.05, 0.1) is 0 Å². The van der Waals surface area contributed by atoms with Gasteiger partial charge in [-0.05, 0) is 82.9 Å². The molecular formula is C21H33N3O3. The number of rotatable bonds is 7. The minimum Gasteiger partial charge on any atom is -0.478 e. The van der Waals surface area contributed by atoms with E-state index in [0.717, 1.165) is 32.1 Å². The van der Waals surface area contributed by atoms with Crippen LogP contribution in [0.25, 0.3) is 0 Å². The van der Waals surface area contributed by atoms with Crippen LogP contribution in [-0.2, 0) is 4.79 Å². The maximum atomic E-state index is 11.2. The summed E-state index contributed by atoms with van der Waals surface area (Å²) < 4.78 is 5.58. The molecule has 6 nitrogen and oxygen atoms in total. The normalized spacial score (nSPS) is 19.9. The molecule has 1 aromatic carbocycles. The van der Waals surface area contributed by atoms with Gasteiger partial charge in [0.1, 0.15) is 5.75 Å². The third kappa shape index (κ3) is 5.59. The number of piperidine rings is 1. The summed E-state index contributed by atoms with van der Waals surface area (Å²) in [5.74, 6) is 0.519. The molecule has 2 N–H and O–H groups in total. The summed E-state index contributed by atoms with van der Waals surface area (Å²) in [6.45, 7) is 11.0. The Morgan fingerprint density at radius 1 is 1.15 bits per heavy atom. The number of ether oxygens (including phenoxy) is 1. The topological polar surface area (TPSA) is 65.0 Å². The maximum Gasteiger partial charge on any atom is 0.347 e. The molecule has 2 saturated heterocycles. The highest BCUT2D eigenvalue weighted by atomic mass is 16.5. The fourth-order valence-electron chi connectivity index (χ4n) is 3.83. The Morgan fingerprint density at radius 2 is 1.78 bits per heavy atom. The highest BCUT2D eigenvalue weighted by Crippen LogP contribution is 2.24. The van der Waals surface area contributed by atoms with E-state index in [1.54, 1.807) is 13.8 Å². The zero-order valence-corrected chi connectivity index (χ0v) is 16.6. The van der Waals surface area contributed by atoms with Crippen molar-refractivity contribution in [3.05, 3.63) is 24.3 Å². The fourth-order valence-corrected chi connectivity index (χ4v) is 3.83. The number of anilines is 1. The number of hydrogen-bond donors (Lipinski definition) is 2. The van der Waals surface area contributed by atoms with Gasteiger partial charge in [-0.3, -0.25) is 4.90 Å². The molecule has 0 unspecified atom stereocenters. The summed E-state index contributed by atoms with van der Waals surface area (Å²) in [6, 6.07) is 7.78. The second kappa shape index (κ2) is 8.93. The van der Waals surface area contributed by atoms with Gasteiger partial charge in [0.2, 0.25) is 0 Å². The van der Waals surface area contributed by atoms with E-state index in [9.17, 15) is 9.90 Å². The molecule has 1 aromatic rings. The van der Waals surface area contributed by atoms with Crippen molar-refractivity contribution >= 4 is 11.7 Å². The predicted molar refractivity (Wildman–Crippen MR) is 108 cm³/mol. The summed E-state index contributed by atoms with van der Waals surface area (Å²) in [5.41, 5.74) is -0.0462. The molecule has 27 heavy (non-hydrogen) atoms. The van der Waals surface area contributed by atoms with Crippen molar-refractivity contribution in [3.63, 3.8) is 0 Å². The van der Waals surface area contributed by atoms with Gasteiger partial charge in [-0.25, -0.2) is 4.79 Å². The van der Waals surface area contributed by atoms with Gasteiger partial charge in [-0.1, -0.05) is 0 Å². The Kier molecular flexibility index (Phi) is 6.60. The van der Waals surface area contributed by atoms with E-state index in [1.165, 1.54) is 44.6 Å². The van der Waals surface area contributed by atoms with E-state index in [1.807, 2.05) is 24.3 Å². The van der Waals surface area contributed by atoms with E-state index in [0.29, 0.717) is 5.75 Å². The standard InChI is InChI=1S/C21H33N3O3/c1-21(2,20(25)26)27-19-5-3-18(4-6-19)24-15-13-23(14-16-24)12-9-17-7-10-22-11-8-17/h3-6,17,22H,7-16H2,1-2H3,(H,25,26). The molecule has 0 saturated carbocycles. The summed E-state index contributed by atoms with van der Waals surface area (Å²) in [6.07, 6.45) is 3.98. The molecular weight excluding hydrogens is 342 g/mol. The number of carbonyl (C=O) groups is 1. The van der Waals surface area contributed by atoms with Crippen LogP contribution in [0.15, 0.2) is 24.3 Å². The summed E-state index contributed by atoms with van der Waals surface area (Å²) >= 11 is 0. The maximum absolute atomic E-state index is 11.2. The van der Waals surface area contributed by atoms with Gasteiger partial charge in [-0.15, -0.1) is 0 Å². The van der Waals surface area contributed by atoms with E-state index in [2.05, 4.69) is 15.1 Å². The number of aliphatic carboxylic acids is 1. The van der Waals surface area contributed by atoms with Crippen LogP contribution in [0.3, 0.4) is 0 Å². The van der Waals surface area contributed by atoms with Gasteiger partial charge in [0.25, 0.3) is 0 Å². The molecule has 0 radical (unpaired) electrons. The first kappa shape index (κ1) is 20.0. The highest BCUT2D eigenvalue weighted by molar-refractivity contribution is 5.76. The lowest BCUT2D eigenvalue weighted by Crippen LogP contribution is -2.47. The molecule has 2 aliphatic heterocycles. The number of carboxylic acid groups (broad SMARTS) is 1. The summed E-state index contributed by atoms with van der Waals surface area (Å²) in [5, 5.41) is 12.6. The van der Waals surface area contributed by atoms with E-state index in [4.69, 9.17) is 4.74 Å². The molecule has 2 aliphatic rings. The molecule has 2 heterocycles. The molecule has 150 valence electrons. The third-order valence-electron chi connectivity index (χ3n) is 5.77. The Morgan fingerprint density at radius 3 is 2.37 bits per heavy atom. The Hall–Kier alpha value is -1.79. The molecule has 0 bridgehead atoms. The zero-order valence-electron chi connectivity index (χ0n) is 16.6. The third-order valence-corrected chi connectivity index (χ3v) is 5.77. The number of carboxylic acids is 1. The van der Waals surface area contributed by atoms with Gasteiger partial charge in [-0.2, -0.15) is 0 Å². The monoisotopic (exact) mass is 375 g/mol. The Labute approximate surface area is 162 Å². The van der Waals surface area contributed by atoms with Crippen molar-refractivity contribution in [1.82, 2.24) is 10.2 Å². The summed E-state index contributed by atoms with van der Waals surface area (Å²) in [7, 11) is 0. The lowest BCUT2D eigenvalue weighted by atomic mass is 9.94. The van der Waals surface area contributed by atoms with Crippen LogP contribution in [0, 0.1) is 5.92 Å². The molecule has 2 fully saturated rings. The molecule has 0 aromatic heterocycles. The quantitative estimate of drug-likeness (QED) is 0.763.